The Balaban J connectivity index is 1.97. The number of carbonyl (C=O) groups is 1. The molecule has 0 amide bonds. The van der Waals surface area contributed by atoms with Crippen LogP contribution >= 0.6 is 11.3 Å². The first-order chi connectivity index (χ1) is 13.0. The van der Waals surface area contributed by atoms with E-state index in [0.717, 1.165) is 11.3 Å². The second-order valence-electron chi connectivity index (χ2n) is 5.20. The van der Waals surface area contributed by atoms with E-state index < -0.39 is 12.2 Å². The number of thiazole rings is 1. The van der Waals surface area contributed by atoms with Gasteiger partial charge in [0.25, 0.3) is 5.56 Å². The number of hydrogen-bond donors (Lipinski definition) is 1. The van der Waals surface area contributed by atoms with E-state index in [2.05, 4.69) is 9.72 Å². The summed E-state index contributed by atoms with van der Waals surface area (Å²) in [5.74, 6) is -0.237. The van der Waals surface area contributed by atoms with Gasteiger partial charge in [0.2, 0.25) is 5.78 Å². The lowest BCUT2D eigenvalue weighted by atomic mass is 10.2. The number of Topliss-reactive ketones (excluding diaryl/α,β-unsaturated/α-hetero) is 1. The largest absolute Gasteiger partial charge is 0.493 e. The van der Waals surface area contributed by atoms with Gasteiger partial charge >= 0.3 is 6.61 Å². The second-order valence-corrected chi connectivity index (χ2v) is 6.29. The Hall–Kier alpha value is -3.20. The lowest BCUT2D eigenvalue weighted by molar-refractivity contribution is -0.0512. The summed E-state index contributed by atoms with van der Waals surface area (Å²) in [6, 6.07) is 7.48. The van der Waals surface area contributed by atoms with Crippen LogP contribution in [0.3, 0.4) is 0 Å². The summed E-state index contributed by atoms with van der Waals surface area (Å²) in [4.78, 5) is 26.7. The van der Waals surface area contributed by atoms with Crippen molar-refractivity contribution in [2.45, 2.75) is 6.61 Å². The molecule has 0 radical (unpaired) electrons. The van der Waals surface area contributed by atoms with Crippen LogP contribution in [0.2, 0.25) is 0 Å². The standard InChI is InChI=1S/C18H13F2NO5S/c1-24-13-5-4-10(7-14(13)26-18(19)20)8-15-17(23)21-16(27-15)9-11(22)12-3-2-6-25-12/h2-9,18H,1H3,(H,21,23)/b15-8-,16-9-. The monoisotopic (exact) mass is 393 g/mol. The number of ketones is 1. The molecule has 0 aliphatic carbocycles. The number of hydrogen-bond acceptors (Lipinski definition) is 6. The number of nitrogens with one attached hydrogen (secondary N) is 1. The maximum absolute atomic E-state index is 12.5. The molecule has 2 heterocycles. The highest BCUT2D eigenvalue weighted by Crippen LogP contribution is 2.29. The fourth-order valence-electron chi connectivity index (χ4n) is 2.26. The van der Waals surface area contributed by atoms with Crippen molar-refractivity contribution < 1.29 is 27.5 Å². The number of alkyl halides is 2. The van der Waals surface area contributed by atoms with Crippen molar-refractivity contribution in [1.82, 2.24) is 4.98 Å². The molecule has 0 saturated heterocycles. The molecule has 0 bridgehead atoms. The number of ether oxygens (including phenoxy) is 2. The van der Waals surface area contributed by atoms with Crippen molar-refractivity contribution in [3.8, 4) is 11.5 Å². The van der Waals surface area contributed by atoms with Gasteiger partial charge in [0.05, 0.1) is 22.6 Å². The molecule has 1 N–H and O–H groups in total. The highest BCUT2D eigenvalue weighted by Gasteiger charge is 2.11. The smallest absolute Gasteiger partial charge is 0.387 e. The lowest BCUT2D eigenvalue weighted by Gasteiger charge is -2.10. The van der Waals surface area contributed by atoms with Gasteiger partial charge in [-0.1, -0.05) is 6.07 Å². The van der Waals surface area contributed by atoms with E-state index in [1.54, 1.807) is 12.1 Å². The quantitative estimate of drug-likeness (QED) is 0.649. The van der Waals surface area contributed by atoms with Crippen LogP contribution in [0.4, 0.5) is 8.78 Å². The Bertz CT molecular complexity index is 1120. The number of methoxy groups -OCH3 is 1. The van der Waals surface area contributed by atoms with Crippen LogP contribution in [-0.2, 0) is 0 Å². The molecule has 140 valence electrons. The normalized spacial score (nSPS) is 12.6. The Kier molecular flexibility index (Phi) is 5.51. The van der Waals surface area contributed by atoms with E-state index in [9.17, 15) is 18.4 Å². The maximum atomic E-state index is 12.5. The topological polar surface area (TPSA) is 81.5 Å². The Labute approximate surface area is 155 Å². The van der Waals surface area contributed by atoms with Crippen molar-refractivity contribution in [3.05, 3.63) is 67.5 Å². The van der Waals surface area contributed by atoms with Crippen molar-refractivity contribution in [1.29, 1.82) is 0 Å². The molecule has 0 spiro atoms. The predicted octanol–water partition coefficient (Wildman–Crippen LogP) is 2.13. The minimum atomic E-state index is -3.01. The third kappa shape index (κ3) is 4.50. The number of halogens is 2. The molecular formula is C18H13F2NO5S. The first-order valence-electron chi connectivity index (χ1n) is 7.59. The number of aromatic amines is 1. The zero-order chi connectivity index (χ0) is 19.4. The van der Waals surface area contributed by atoms with Crippen LogP contribution in [0.1, 0.15) is 16.1 Å². The first kappa shape index (κ1) is 18.6. The third-order valence-corrected chi connectivity index (χ3v) is 4.37. The Morgan fingerprint density at radius 1 is 1.30 bits per heavy atom. The molecule has 0 aliphatic rings. The fourth-order valence-corrected chi connectivity index (χ4v) is 3.14. The number of carbonyl (C=O) groups excluding carboxylic acids is 1. The SMILES string of the molecule is COc1ccc(/C=c2\s/c(=C\C(=O)c3ccco3)[nH]c2=O)cc1OC(F)F. The van der Waals surface area contributed by atoms with Crippen LogP contribution in [0.5, 0.6) is 11.5 Å². The van der Waals surface area contributed by atoms with Crippen LogP contribution < -0.4 is 24.2 Å². The molecule has 2 aromatic heterocycles. The number of furan rings is 1. The second kappa shape index (κ2) is 8.00. The van der Waals surface area contributed by atoms with E-state index in [1.807, 2.05) is 0 Å². The molecule has 0 saturated carbocycles. The van der Waals surface area contributed by atoms with Crippen molar-refractivity contribution >= 4 is 29.3 Å². The van der Waals surface area contributed by atoms with Crippen molar-refractivity contribution in [2.24, 2.45) is 0 Å². The summed E-state index contributed by atoms with van der Waals surface area (Å²) in [6.45, 7) is -3.01. The molecule has 9 heteroatoms. The van der Waals surface area contributed by atoms with Gasteiger partial charge in [-0.25, -0.2) is 0 Å². The molecule has 0 fully saturated rings. The molecule has 0 unspecified atom stereocenters. The molecule has 3 rings (SSSR count). The molecule has 1 aromatic carbocycles. The van der Waals surface area contributed by atoms with Crippen molar-refractivity contribution in [3.63, 3.8) is 0 Å². The van der Waals surface area contributed by atoms with Gasteiger partial charge in [-0.15, -0.1) is 11.3 Å². The zero-order valence-electron chi connectivity index (χ0n) is 13.9. The Morgan fingerprint density at radius 2 is 2.11 bits per heavy atom. The minimum Gasteiger partial charge on any atom is -0.493 e. The van der Waals surface area contributed by atoms with Crippen LogP contribution in [0.25, 0.3) is 12.2 Å². The van der Waals surface area contributed by atoms with Crippen molar-refractivity contribution in [2.75, 3.05) is 7.11 Å². The van der Waals surface area contributed by atoms with Gasteiger partial charge in [0, 0.05) is 6.08 Å². The van der Waals surface area contributed by atoms with E-state index in [-0.39, 0.29) is 23.0 Å². The van der Waals surface area contributed by atoms with Gasteiger partial charge in [0.15, 0.2) is 17.3 Å². The molecule has 27 heavy (non-hydrogen) atoms. The van der Waals surface area contributed by atoms with Crippen LogP contribution in [0.15, 0.2) is 45.8 Å². The highest BCUT2D eigenvalue weighted by atomic mass is 32.1. The lowest BCUT2D eigenvalue weighted by Crippen LogP contribution is -2.20. The molecule has 0 aliphatic heterocycles. The molecular weight excluding hydrogens is 380 g/mol. The molecule has 3 aromatic rings. The summed E-state index contributed by atoms with van der Waals surface area (Å²) in [7, 11) is 1.33. The molecule has 0 atom stereocenters. The minimum absolute atomic E-state index is 0.144. The van der Waals surface area contributed by atoms with Crippen LogP contribution in [-0.4, -0.2) is 24.5 Å². The van der Waals surface area contributed by atoms with Gasteiger partial charge in [0.1, 0.15) is 0 Å². The van der Waals surface area contributed by atoms with E-state index in [4.69, 9.17) is 9.15 Å². The summed E-state index contributed by atoms with van der Waals surface area (Å²) in [5.41, 5.74) is 0.0494. The maximum Gasteiger partial charge on any atom is 0.387 e. The van der Waals surface area contributed by atoms with E-state index >= 15 is 0 Å². The summed E-state index contributed by atoms with van der Waals surface area (Å²) in [5, 5.41) is 0. The Morgan fingerprint density at radius 3 is 2.78 bits per heavy atom. The van der Waals surface area contributed by atoms with Gasteiger partial charge in [-0.05, 0) is 35.9 Å². The number of rotatable bonds is 6. The van der Waals surface area contributed by atoms with Gasteiger partial charge in [-0.3, -0.25) is 9.59 Å². The fraction of sp³-hybridized carbons (Fsp3) is 0.111. The van der Waals surface area contributed by atoms with E-state index in [0.29, 0.717) is 14.8 Å². The zero-order valence-corrected chi connectivity index (χ0v) is 14.7. The number of H-pyrrole nitrogens is 1. The van der Waals surface area contributed by atoms with Gasteiger partial charge in [-0.2, -0.15) is 8.78 Å². The summed E-state index contributed by atoms with van der Waals surface area (Å²) >= 11 is 1.05. The third-order valence-electron chi connectivity index (χ3n) is 3.41. The first-order valence-corrected chi connectivity index (χ1v) is 8.41. The van der Waals surface area contributed by atoms with E-state index in [1.165, 1.54) is 43.7 Å². The number of benzene rings is 1. The average Bonchev–Trinajstić information content (AvgIpc) is 3.25. The highest BCUT2D eigenvalue weighted by molar-refractivity contribution is 7.07. The average molecular weight is 393 g/mol. The summed E-state index contributed by atoms with van der Waals surface area (Å²) in [6.07, 6.45) is 4.12. The number of aromatic nitrogens is 1. The van der Waals surface area contributed by atoms with Crippen LogP contribution in [0, 0.1) is 0 Å². The predicted molar refractivity (Wildman–Crippen MR) is 94.9 cm³/mol. The molecule has 6 nitrogen and oxygen atoms in total. The summed E-state index contributed by atoms with van der Waals surface area (Å²) < 4.78 is 40.1. The van der Waals surface area contributed by atoms with Gasteiger partial charge < -0.3 is 18.9 Å².